The summed E-state index contributed by atoms with van der Waals surface area (Å²) < 4.78 is 0. The molecule has 0 N–H and O–H groups in total. The summed E-state index contributed by atoms with van der Waals surface area (Å²) >= 11 is 0. The van der Waals surface area contributed by atoms with Gasteiger partial charge in [-0.05, 0) is 23.0 Å². The Morgan fingerprint density at radius 2 is 1.25 bits per heavy atom. The first-order valence-corrected chi connectivity index (χ1v) is 4.32. The van der Waals surface area contributed by atoms with E-state index >= 15 is 0 Å². The van der Waals surface area contributed by atoms with Crippen molar-refractivity contribution in [3.8, 4) is 0 Å². The molecule has 64 valence electrons. The van der Waals surface area contributed by atoms with Gasteiger partial charge in [-0.3, -0.25) is 0 Å². The van der Waals surface area contributed by atoms with Crippen LogP contribution in [0.2, 0.25) is 0 Å². The van der Waals surface area contributed by atoms with E-state index in [0.717, 1.165) is 0 Å². The van der Waals surface area contributed by atoms with Crippen LogP contribution in [0.5, 0.6) is 0 Å². The first kappa shape index (κ1) is 9.31. The molecule has 0 heteroatoms. The van der Waals surface area contributed by atoms with Gasteiger partial charge in [0.25, 0.3) is 0 Å². The molecule has 0 nitrogen and oxygen atoms in total. The van der Waals surface area contributed by atoms with Gasteiger partial charge in [0.2, 0.25) is 0 Å². The van der Waals surface area contributed by atoms with E-state index in [4.69, 9.17) is 0 Å². The molecule has 0 atom stereocenters. The Labute approximate surface area is 75.6 Å². The molecule has 12 heavy (non-hydrogen) atoms. The lowest BCUT2D eigenvalue weighted by molar-refractivity contribution is 1.11. The summed E-state index contributed by atoms with van der Waals surface area (Å²) in [4.78, 5) is 0. The minimum Gasteiger partial charge on any atom is -0.0617 e. The van der Waals surface area contributed by atoms with Gasteiger partial charge in [0.15, 0.2) is 0 Å². The maximum atomic E-state index is 2.24. The first-order valence-electron chi connectivity index (χ1n) is 4.32. The molecule has 1 aromatic carbocycles. The number of hydrogen-bond donors (Lipinski definition) is 0. The van der Waals surface area contributed by atoms with E-state index in [9.17, 15) is 0 Å². The van der Waals surface area contributed by atoms with Crippen molar-refractivity contribution in [1.82, 2.24) is 0 Å². The zero-order chi connectivity index (χ0) is 9.14. The van der Waals surface area contributed by atoms with Gasteiger partial charge < -0.3 is 0 Å². The third kappa shape index (κ3) is 2.10. The lowest BCUT2D eigenvalue weighted by atomic mass is 9.96. The standard InChI is InChI=1S/C12H16/c1-9(2)11-6-5-7-12(8-11)10(3)4/h5-8H,1-4H3. The van der Waals surface area contributed by atoms with E-state index in [0.29, 0.717) is 0 Å². The van der Waals surface area contributed by atoms with Crippen molar-refractivity contribution < 1.29 is 0 Å². The molecule has 0 fully saturated rings. The second-order valence-electron chi connectivity index (χ2n) is 3.58. The molecule has 0 bridgehead atoms. The van der Waals surface area contributed by atoms with Crippen LogP contribution in [-0.4, -0.2) is 0 Å². The quantitative estimate of drug-likeness (QED) is 0.620. The maximum absolute atomic E-state index is 2.24. The number of rotatable bonds is 2. The fourth-order valence-electron chi connectivity index (χ4n) is 1.14. The molecule has 0 saturated carbocycles. The van der Waals surface area contributed by atoms with Crippen molar-refractivity contribution in [3.63, 3.8) is 0 Å². The number of benzene rings is 1. The predicted molar refractivity (Wildman–Crippen MR) is 53.8 cm³/mol. The van der Waals surface area contributed by atoms with Crippen LogP contribution in [0.4, 0.5) is 0 Å². The Morgan fingerprint density at radius 1 is 0.833 bits per heavy atom. The Kier molecular flexibility index (Phi) is 2.91. The van der Waals surface area contributed by atoms with Crippen molar-refractivity contribution >= 4 is 0 Å². The second kappa shape index (κ2) is 3.75. The summed E-state index contributed by atoms with van der Waals surface area (Å²) in [6.45, 7) is 8.57. The fourth-order valence-corrected chi connectivity index (χ4v) is 1.14. The molecular formula is C12H16. The molecule has 1 rings (SSSR count). The zero-order valence-corrected chi connectivity index (χ0v) is 8.31. The average molecular weight is 160 g/mol. The summed E-state index contributed by atoms with van der Waals surface area (Å²) in [5.74, 6) is 2.75. The van der Waals surface area contributed by atoms with Gasteiger partial charge in [0.05, 0.1) is 0 Å². The Balaban J connectivity index is 2.96. The molecule has 0 aromatic heterocycles. The molecule has 0 aliphatic rings. The average Bonchev–Trinajstić information content (AvgIpc) is 2.04. The minimum atomic E-state index is 1.34. The van der Waals surface area contributed by atoms with Crippen LogP contribution in [-0.2, 0) is 0 Å². The summed E-state index contributed by atoms with van der Waals surface area (Å²) in [5.41, 5.74) is 2.68. The highest BCUT2D eigenvalue weighted by atomic mass is 14.1. The van der Waals surface area contributed by atoms with E-state index < -0.39 is 0 Å². The van der Waals surface area contributed by atoms with Crippen molar-refractivity contribution in [1.29, 1.82) is 0 Å². The monoisotopic (exact) mass is 160 g/mol. The summed E-state index contributed by atoms with van der Waals surface area (Å²) in [6.07, 6.45) is 0. The second-order valence-corrected chi connectivity index (χ2v) is 3.58. The third-order valence-electron chi connectivity index (χ3n) is 2.02. The van der Waals surface area contributed by atoms with E-state index in [-0.39, 0.29) is 0 Å². The Morgan fingerprint density at radius 3 is 1.58 bits per heavy atom. The SMILES string of the molecule is C[C](C)c1cccc([C](C)C)c1. The molecule has 0 aliphatic carbocycles. The fraction of sp³-hybridized carbons (Fsp3) is 0.333. The molecule has 0 aliphatic heterocycles. The van der Waals surface area contributed by atoms with Crippen molar-refractivity contribution in [2.45, 2.75) is 27.7 Å². The lowest BCUT2D eigenvalue weighted by Gasteiger charge is -2.09. The van der Waals surface area contributed by atoms with Crippen LogP contribution in [0.15, 0.2) is 24.3 Å². The molecule has 0 heterocycles. The summed E-state index contributed by atoms with van der Waals surface area (Å²) in [7, 11) is 0. The lowest BCUT2D eigenvalue weighted by Crippen LogP contribution is -1.92. The Bertz CT molecular complexity index is 223. The first-order chi connectivity index (χ1) is 5.61. The van der Waals surface area contributed by atoms with Gasteiger partial charge in [-0.15, -0.1) is 0 Å². The van der Waals surface area contributed by atoms with E-state index in [2.05, 4.69) is 52.0 Å². The van der Waals surface area contributed by atoms with Crippen LogP contribution in [0, 0.1) is 11.8 Å². The molecule has 0 saturated heterocycles. The highest BCUT2D eigenvalue weighted by Gasteiger charge is 2.02. The minimum absolute atomic E-state index is 1.34. The normalized spacial score (nSPS) is 11.2. The van der Waals surface area contributed by atoms with E-state index in [1.54, 1.807) is 0 Å². The van der Waals surface area contributed by atoms with Crippen LogP contribution < -0.4 is 0 Å². The Hall–Kier alpha value is -0.780. The topological polar surface area (TPSA) is 0 Å². The van der Waals surface area contributed by atoms with Gasteiger partial charge >= 0.3 is 0 Å². The van der Waals surface area contributed by atoms with Crippen LogP contribution >= 0.6 is 0 Å². The van der Waals surface area contributed by atoms with Gasteiger partial charge in [-0.2, -0.15) is 0 Å². The van der Waals surface area contributed by atoms with Crippen LogP contribution in [0.1, 0.15) is 38.8 Å². The molecule has 0 unspecified atom stereocenters. The van der Waals surface area contributed by atoms with Gasteiger partial charge in [0, 0.05) is 0 Å². The predicted octanol–water partition coefficient (Wildman–Crippen LogP) is 3.61. The maximum Gasteiger partial charge on any atom is -0.00119 e. The van der Waals surface area contributed by atoms with Gasteiger partial charge in [0.1, 0.15) is 0 Å². The molecule has 2 radical (unpaired) electrons. The van der Waals surface area contributed by atoms with Crippen molar-refractivity contribution in [2.24, 2.45) is 0 Å². The van der Waals surface area contributed by atoms with Gasteiger partial charge in [-0.1, -0.05) is 52.0 Å². The number of hydrogen-bond acceptors (Lipinski definition) is 0. The van der Waals surface area contributed by atoms with Crippen molar-refractivity contribution in [2.75, 3.05) is 0 Å². The summed E-state index contributed by atoms with van der Waals surface area (Å²) in [5, 5.41) is 0. The third-order valence-corrected chi connectivity index (χ3v) is 2.02. The van der Waals surface area contributed by atoms with Crippen molar-refractivity contribution in [3.05, 3.63) is 47.2 Å². The molecule has 0 spiro atoms. The highest BCUT2D eigenvalue weighted by Crippen LogP contribution is 2.19. The molecule has 0 amide bonds. The highest BCUT2D eigenvalue weighted by molar-refractivity contribution is 5.37. The van der Waals surface area contributed by atoms with Crippen LogP contribution in [0.25, 0.3) is 0 Å². The van der Waals surface area contributed by atoms with E-state index in [1.807, 2.05) is 0 Å². The largest absolute Gasteiger partial charge is 0.0617 e. The molecule has 1 aromatic rings. The van der Waals surface area contributed by atoms with Gasteiger partial charge in [-0.25, -0.2) is 0 Å². The van der Waals surface area contributed by atoms with E-state index in [1.165, 1.54) is 23.0 Å². The van der Waals surface area contributed by atoms with Crippen LogP contribution in [0.3, 0.4) is 0 Å². The molecular weight excluding hydrogens is 144 g/mol. The summed E-state index contributed by atoms with van der Waals surface area (Å²) in [6, 6.07) is 8.67. The zero-order valence-electron chi connectivity index (χ0n) is 8.31. The smallest absolute Gasteiger partial charge is 0.00119 e.